The van der Waals surface area contributed by atoms with Gasteiger partial charge < -0.3 is 5.32 Å². The lowest BCUT2D eigenvalue weighted by Gasteiger charge is -2.20. The molecule has 2 nitrogen and oxygen atoms in total. The monoisotopic (exact) mass is 286 g/mol. The van der Waals surface area contributed by atoms with Gasteiger partial charge in [-0.1, -0.05) is 31.5 Å². The molecule has 1 aliphatic carbocycles. The molecule has 0 amide bonds. The molecule has 3 heteroatoms. The standard InChI is InChI=1S/C17H22N2S/c1-2-20-17-9-5-8-16(17)19-12-13-10-11-18-15-7-4-3-6-14(13)15/h3-4,6-7,10-11,16-17,19H,2,5,8-9,12H2,1H3. The first-order chi connectivity index (χ1) is 9.88. The molecule has 2 atom stereocenters. The molecule has 106 valence electrons. The molecule has 2 unspecified atom stereocenters. The van der Waals surface area contributed by atoms with Crippen LogP contribution in [-0.4, -0.2) is 22.0 Å². The summed E-state index contributed by atoms with van der Waals surface area (Å²) in [5.41, 5.74) is 2.46. The van der Waals surface area contributed by atoms with Crippen molar-refractivity contribution in [3.63, 3.8) is 0 Å². The number of aromatic nitrogens is 1. The van der Waals surface area contributed by atoms with Crippen molar-refractivity contribution < 1.29 is 0 Å². The van der Waals surface area contributed by atoms with Gasteiger partial charge in [-0.2, -0.15) is 11.8 Å². The van der Waals surface area contributed by atoms with Crippen molar-refractivity contribution in [1.29, 1.82) is 0 Å². The summed E-state index contributed by atoms with van der Waals surface area (Å²) in [5.74, 6) is 1.22. The topological polar surface area (TPSA) is 24.9 Å². The zero-order valence-electron chi connectivity index (χ0n) is 12.0. The average molecular weight is 286 g/mol. The quantitative estimate of drug-likeness (QED) is 0.899. The number of hydrogen-bond acceptors (Lipinski definition) is 3. The normalized spacial score (nSPS) is 22.4. The summed E-state index contributed by atoms with van der Waals surface area (Å²) in [7, 11) is 0. The van der Waals surface area contributed by atoms with Crippen LogP contribution in [0.2, 0.25) is 0 Å². The molecule has 20 heavy (non-hydrogen) atoms. The highest BCUT2D eigenvalue weighted by atomic mass is 32.2. The summed E-state index contributed by atoms with van der Waals surface area (Å²) >= 11 is 2.11. The zero-order valence-corrected chi connectivity index (χ0v) is 12.8. The fourth-order valence-corrected chi connectivity index (χ4v) is 4.35. The molecule has 1 heterocycles. The highest BCUT2D eigenvalue weighted by molar-refractivity contribution is 7.99. The van der Waals surface area contributed by atoms with E-state index in [2.05, 4.69) is 59.3 Å². The highest BCUT2D eigenvalue weighted by Crippen LogP contribution is 2.30. The van der Waals surface area contributed by atoms with Crippen molar-refractivity contribution in [2.75, 3.05) is 5.75 Å². The number of fused-ring (bicyclic) bond motifs is 1. The second-order valence-electron chi connectivity index (χ2n) is 5.40. The third-order valence-corrected chi connectivity index (χ3v) is 5.45. The Kier molecular flexibility index (Phi) is 4.58. The average Bonchev–Trinajstić information content (AvgIpc) is 2.93. The van der Waals surface area contributed by atoms with Crippen molar-refractivity contribution in [2.24, 2.45) is 0 Å². The predicted molar refractivity (Wildman–Crippen MR) is 88.1 cm³/mol. The minimum Gasteiger partial charge on any atom is -0.309 e. The maximum Gasteiger partial charge on any atom is 0.0705 e. The number of para-hydroxylation sites is 1. The minimum absolute atomic E-state index is 0.673. The Morgan fingerprint density at radius 2 is 2.15 bits per heavy atom. The van der Waals surface area contributed by atoms with E-state index in [0.29, 0.717) is 6.04 Å². The third kappa shape index (κ3) is 2.99. The number of nitrogens with zero attached hydrogens (tertiary/aromatic N) is 1. The van der Waals surface area contributed by atoms with Gasteiger partial charge in [-0.3, -0.25) is 4.98 Å². The van der Waals surface area contributed by atoms with Crippen LogP contribution in [0.1, 0.15) is 31.7 Å². The molecule has 3 rings (SSSR count). The Balaban J connectivity index is 1.71. The lowest BCUT2D eigenvalue weighted by molar-refractivity contribution is 0.533. The first-order valence-corrected chi connectivity index (χ1v) is 8.61. The molecular weight excluding hydrogens is 264 g/mol. The largest absolute Gasteiger partial charge is 0.309 e. The zero-order chi connectivity index (χ0) is 13.8. The molecule has 0 aliphatic heterocycles. The van der Waals surface area contributed by atoms with Gasteiger partial charge >= 0.3 is 0 Å². The summed E-state index contributed by atoms with van der Waals surface area (Å²) in [6.45, 7) is 3.21. The van der Waals surface area contributed by atoms with Gasteiger partial charge in [-0.15, -0.1) is 0 Å². The van der Waals surface area contributed by atoms with Crippen LogP contribution >= 0.6 is 11.8 Å². The van der Waals surface area contributed by atoms with Crippen LogP contribution in [0.5, 0.6) is 0 Å². The molecule has 2 aromatic rings. The van der Waals surface area contributed by atoms with Crippen LogP contribution in [-0.2, 0) is 6.54 Å². The number of hydrogen-bond donors (Lipinski definition) is 1. The lowest BCUT2D eigenvalue weighted by Crippen LogP contribution is -2.33. The summed E-state index contributed by atoms with van der Waals surface area (Å²) in [6.07, 6.45) is 5.98. The van der Waals surface area contributed by atoms with Crippen molar-refractivity contribution in [3.05, 3.63) is 42.1 Å². The van der Waals surface area contributed by atoms with Crippen LogP contribution in [0.3, 0.4) is 0 Å². The molecule has 0 radical (unpaired) electrons. The van der Waals surface area contributed by atoms with E-state index in [4.69, 9.17) is 0 Å². The number of thioether (sulfide) groups is 1. The van der Waals surface area contributed by atoms with Gasteiger partial charge in [0.25, 0.3) is 0 Å². The van der Waals surface area contributed by atoms with Crippen LogP contribution in [0.25, 0.3) is 10.9 Å². The molecule has 1 aliphatic rings. The molecule has 1 fully saturated rings. The van der Waals surface area contributed by atoms with Gasteiger partial charge in [0, 0.05) is 29.4 Å². The molecular formula is C17H22N2S. The van der Waals surface area contributed by atoms with E-state index in [1.165, 1.54) is 36.0 Å². The van der Waals surface area contributed by atoms with Crippen molar-refractivity contribution in [2.45, 2.75) is 44.0 Å². The van der Waals surface area contributed by atoms with Crippen LogP contribution in [0.15, 0.2) is 36.5 Å². The number of benzene rings is 1. The minimum atomic E-state index is 0.673. The van der Waals surface area contributed by atoms with E-state index in [1.54, 1.807) is 0 Å². The molecule has 0 bridgehead atoms. The number of nitrogens with one attached hydrogen (secondary N) is 1. The van der Waals surface area contributed by atoms with Gasteiger partial charge in [0.1, 0.15) is 0 Å². The Labute approximate surface area is 125 Å². The fraction of sp³-hybridized carbons (Fsp3) is 0.471. The Morgan fingerprint density at radius 1 is 1.25 bits per heavy atom. The number of rotatable bonds is 5. The van der Waals surface area contributed by atoms with E-state index in [9.17, 15) is 0 Å². The van der Waals surface area contributed by atoms with Crippen LogP contribution in [0, 0.1) is 0 Å². The highest BCUT2D eigenvalue weighted by Gasteiger charge is 2.26. The van der Waals surface area contributed by atoms with Crippen molar-refractivity contribution in [3.8, 4) is 0 Å². The maximum absolute atomic E-state index is 4.43. The molecule has 0 saturated heterocycles. The predicted octanol–water partition coefficient (Wildman–Crippen LogP) is 4.00. The van der Waals surface area contributed by atoms with Crippen LogP contribution < -0.4 is 5.32 Å². The van der Waals surface area contributed by atoms with E-state index in [-0.39, 0.29) is 0 Å². The maximum atomic E-state index is 4.43. The SMILES string of the molecule is CCSC1CCCC1NCc1ccnc2ccccc12. The van der Waals surface area contributed by atoms with Gasteiger partial charge in [0.2, 0.25) is 0 Å². The number of pyridine rings is 1. The lowest BCUT2D eigenvalue weighted by atomic mass is 10.1. The van der Waals surface area contributed by atoms with E-state index < -0.39 is 0 Å². The first-order valence-electron chi connectivity index (χ1n) is 7.56. The smallest absolute Gasteiger partial charge is 0.0705 e. The van der Waals surface area contributed by atoms with Gasteiger partial charge in [-0.25, -0.2) is 0 Å². The second-order valence-corrected chi connectivity index (χ2v) is 6.92. The van der Waals surface area contributed by atoms with Gasteiger partial charge in [0.05, 0.1) is 5.52 Å². The molecule has 1 N–H and O–H groups in total. The molecule has 0 spiro atoms. The Hall–Kier alpha value is -1.06. The second kappa shape index (κ2) is 6.59. The Morgan fingerprint density at radius 3 is 3.05 bits per heavy atom. The molecule has 1 aromatic carbocycles. The van der Waals surface area contributed by atoms with Gasteiger partial charge in [-0.05, 0) is 36.3 Å². The van der Waals surface area contributed by atoms with E-state index in [0.717, 1.165) is 17.3 Å². The van der Waals surface area contributed by atoms with E-state index in [1.807, 2.05) is 6.20 Å². The summed E-state index contributed by atoms with van der Waals surface area (Å²) < 4.78 is 0. The summed E-state index contributed by atoms with van der Waals surface area (Å²) in [4.78, 5) is 4.43. The van der Waals surface area contributed by atoms with Crippen LogP contribution in [0.4, 0.5) is 0 Å². The third-order valence-electron chi connectivity index (χ3n) is 4.13. The Bertz CT molecular complexity index is 564. The molecule has 1 saturated carbocycles. The fourth-order valence-electron chi connectivity index (χ4n) is 3.12. The van der Waals surface area contributed by atoms with E-state index >= 15 is 0 Å². The van der Waals surface area contributed by atoms with Crippen molar-refractivity contribution >= 4 is 22.7 Å². The molecule has 1 aromatic heterocycles. The summed E-state index contributed by atoms with van der Waals surface area (Å²) in [5, 5.41) is 5.85. The summed E-state index contributed by atoms with van der Waals surface area (Å²) in [6, 6.07) is 11.2. The van der Waals surface area contributed by atoms with Gasteiger partial charge in [0.15, 0.2) is 0 Å². The van der Waals surface area contributed by atoms with Crippen molar-refractivity contribution in [1.82, 2.24) is 10.3 Å². The first kappa shape index (κ1) is 13.9.